The van der Waals surface area contributed by atoms with E-state index in [0.717, 1.165) is 18.4 Å². The van der Waals surface area contributed by atoms with Crippen molar-refractivity contribution in [1.82, 2.24) is 15.1 Å². The van der Waals surface area contributed by atoms with E-state index >= 15 is 0 Å². The molecule has 43 heavy (non-hydrogen) atoms. The number of carbonyl (C=O) groups excluding carboxylic acids is 3. The summed E-state index contributed by atoms with van der Waals surface area (Å²) in [5.74, 6) is -2.50. The van der Waals surface area contributed by atoms with Gasteiger partial charge < -0.3 is 34.4 Å². The molecule has 1 aromatic rings. The Hall–Kier alpha value is -3.18. The summed E-state index contributed by atoms with van der Waals surface area (Å²) in [5.41, 5.74) is 0.834. The van der Waals surface area contributed by atoms with Crippen LogP contribution in [0.25, 0.3) is 0 Å². The highest BCUT2D eigenvalue weighted by Gasteiger charge is 2.42. The Morgan fingerprint density at radius 3 is 2.26 bits per heavy atom. The number of nitrogens with one attached hydrogen (secondary N) is 1. The molecule has 0 aliphatic carbocycles. The molecule has 242 valence electrons. The number of carboxylic acids is 1. The molecule has 0 aromatic heterocycles. The Morgan fingerprint density at radius 1 is 1.07 bits per heavy atom. The molecule has 1 heterocycles. The zero-order valence-electron chi connectivity index (χ0n) is 26.9. The van der Waals surface area contributed by atoms with Crippen molar-refractivity contribution >= 4 is 23.9 Å². The van der Waals surface area contributed by atoms with Crippen molar-refractivity contribution in [2.75, 3.05) is 27.8 Å². The maximum Gasteiger partial charge on any atom is 0.408 e. The fraction of sp³-hybridized carbons (Fsp3) is 0.688. The number of ether oxygens (including phenoxy) is 3. The van der Waals surface area contributed by atoms with Gasteiger partial charge in [0, 0.05) is 27.8 Å². The van der Waals surface area contributed by atoms with Crippen molar-refractivity contribution in [2.45, 2.75) is 97.2 Å². The van der Waals surface area contributed by atoms with Crippen LogP contribution in [0.5, 0.6) is 0 Å². The largest absolute Gasteiger partial charge is 0.481 e. The fourth-order valence-corrected chi connectivity index (χ4v) is 5.92. The minimum atomic E-state index is -0.977. The molecule has 11 heteroatoms. The normalized spacial score (nSPS) is 19.2. The van der Waals surface area contributed by atoms with Crippen LogP contribution in [0.3, 0.4) is 0 Å². The lowest BCUT2D eigenvalue weighted by atomic mass is 9.89. The highest BCUT2D eigenvalue weighted by Crippen LogP contribution is 2.29. The van der Waals surface area contributed by atoms with Gasteiger partial charge in [-0.05, 0) is 37.2 Å². The summed E-state index contributed by atoms with van der Waals surface area (Å²) in [4.78, 5) is 55.2. The Labute approximate surface area is 256 Å². The molecule has 1 unspecified atom stereocenters. The van der Waals surface area contributed by atoms with Gasteiger partial charge in [0.05, 0.1) is 36.6 Å². The van der Waals surface area contributed by atoms with Gasteiger partial charge in [-0.3, -0.25) is 14.4 Å². The van der Waals surface area contributed by atoms with E-state index in [2.05, 4.69) is 5.32 Å². The van der Waals surface area contributed by atoms with Crippen molar-refractivity contribution in [1.29, 1.82) is 0 Å². The number of aliphatic carboxylic acids is 1. The number of methoxy groups -OCH3 is 2. The molecule has 0 radical (unpaired) electrons. The van der Waals surface area contributed by atoms with E-state index in [0.29, 0.717) is 13.0 Å². The van der Waals surface area contributed by atoms with Crippen molar-refractivity contribution in [3.63, 3.8) is 0 Å². The third-order valence-electron chi connectivity index (χ3n) is 8.65. The van der Waals surface area contributed by atoms with Crippen LogP contribution >= 0.6 is 0 Å². The SMILES string of the molecule is CC[C@H](C)[C@@H]([C@@H](CC(=O)N1CCCC1[C@H](OC)[C@@H](C)C(=O)O)OC)N(C)C(=O)[C@@H](NC(=O)OCc1ccccc1)C(C)C. The first-order valence-corrected chi connectivity index (χ1v) is 15.2. The van der Waals surface area contributed by atoms with Gasteiger partial charge in [-0.25, -0.2) is 4.79 Å². The Balaban J connectivity index is 2.20. The van der Waals surface area contributed by atoms with Crippen LogP contribution < -0.4 is 5.32 Å². The number of nitrogens with zero attached hydrogens (tertiary/aromatic N) is 2. The minimum Gasteiger partial charge on any atom is -0.481 e. The molecule has 0 bridgehead atoms. The van der Waals surface area contributed by atoms with Crippen molar-refractivity contribution < 1.29 is 38.5 Å². The number of amides is 3. The van der Waals surface area contributed by atoms with Crippen LogP contribution in [0.1, 0.15) is 65.9 Å². The van der Waals surface area contributed by atoms with Crippen molar-refractivity contribution in [2.24, 2.45) is 17.8 Å². The predicted molar refractivity (Wildman–Crippen MR) is 162 cm³/mol. The second-order valence-electron chi connectivity index (χ2n) is 11.9. The van der Waals surface area contributed by atoms with Gasteiger partial charge in [-0.15, -0.1) is 0 Å². The maximum absolute atomic E-state index is 13.9. The second kappa shape index (κ2) is 17.2. The number of alkyl carbamates (subject to hydrolysis) is 1. The number of rotatable bonds is 16. The molecule has 7 atom stereocenters. The molecular weight excluding hydrogens is 554 g/mol. The molecule has 1 aliphatic heterocycles. The summed E-state index contributed by atoms with van der Waals surface area (Å²) in [7, 11) is 4.67. The van der Waals surface area contributed by atoms with Crippen LogP contribution in [-0.2, 0) is 35.2 Å². The average Bonchev–Trinajstić information content (AvgIpc) is 3.48. The lowest BCUT2D eigenvalue weighted by molar-refractivity contribution is -0.152. The van der Waals surface area contributed by atoms with E-state index in [9.17, 15) is 24.3 Å². The molecule has 1 aliphatic rings. The molecule has 1 fully saturated rings. The molecule has 3 amide bonds. The third kappa shape index (κ3) is 9.66. The smallest absolute Gasteiger partial charge is 0.408 e. The standard InChI is InChI=1S/C32H51N3O8/c1-9-21(4)28(25(41-7)18-26(36)35-17-13-16-24(35)29(42-8)22(5)31(38)39)34(6)30(37)27(20(2)3)33-32(40)43-19-23-14-11-10-12-15-23/h10-12,14-15,20-22,24-25,27-29H,9,13,16-19H2,1-8H3,(H,33,40)(H,38,39)/t21-,22+,24?,25+,27-,28-,29+/m0/s1. The lowest BCUT2D eigenvalue weighted by Gasteiger charge is -2.40. The summed E-state index contributed by atoms with van der Waals surface area (Å²) in [6.07, 6.45) is 0.170. The number of hydrogen-bond donors (Lipinski definition) is 2. The Kier molecular flexibility index (Phi) is 14.4. The number of hydrogen-bond acceptors (Lipinski definition) is 7. The molecule has 2 rings (SSSR count). The average molecular weight is 606 g/mol. The Morgan fingerprint density at radius 2 is 1.72 bits per heavy atom. The molecule has 0 saturated carbocycles. The van der Waals surface area contributed by atoms with Crippen LogP contribution in [-0.4, -0.2) is 96.9 Å². The molecule has 1 aromatic carbocycles. The van der Waals surface area contributed by atoms with Crippen LogP contribution in [0.15, 0.2) is 30.3 Å². The first-order chi connectivity index (χ1) is 20.4. The molecule has 1 saturated heterocycles. The summed E-state index contributed by atoms with van der Waals surface area (Å²) < 4.78 is 16.8. The quantitative estimate of drug-likeness (QED) is 0.289. The molecule has 2 N–H and O–H groups in total. The van der Waals surface area contributed by atoms with E-state index in [-0.39, 0.29) is 42.7 Å². The van der Waals surface area contributed by atoms with Gasteiger partial charge in [-0.2, -0.15) is 0 Å². The number of likely N-dealkylation sites (tertiary alicyclic amines) is 1. The zero-order chi connectivity index (χ0) is 32.3. The second-order valence-corrected chi connectivity index (χ2v) is 11.9. The summed E-state index contributed by atoms with van der Waals surface area (Å²) in [6.45, 7) is 9.88. The van der Waals surface area contributed by atoms with E-state index < -0.39 is 42.3 Å². The van der Waals surface area contributed by atoms with Crippen LogP contribution in [0, 0.1) is 17.8 Å². The monoisotopic (exact) mass is 605 g/mol. The molecule has 11 nitrogen and oxygen atoms in total. The Bertz CT molecular complexity index is 1050. The van der Waals surface area contributed by atoms with E-state index in [1.54, 1.807) is 23.8 Å². The van der Waals surface area contributed by atoms with Gasteiger partial charge in [0.15, 0.2) is 0 Å². The maximum atomic E-state index is 13.9. The summed E-state index contributed by atoms with van der Waals surface area (Å²) >= 11 is 0. The van der Waals surface area contributed by atoms with Crippen LogP contribution in [0.2, 0.25) is 0 Å². The van der Waals surface area contributed by atoms with E-state index in [1.165, 1.54) is 14.2 Å². The topological polar surface area (TPSA) is 135 Å². The van der Waals surface area contributed by atoms with Gasteiger partial charge in [0.1, 0.15) is 12.6 Å². The molecular formula is C32H51N3O8. The number of carboxylic acid groups (broad SMARTS) is 1. The number of carbonyl (C=O) groups is 4. The highest BCUT2D eigenvalue weighted by molar-refractivity contribution is 5.86. The fourth-order valence-electron chi connectivity index (χ4n) is 5.92. The van der Waals surface area contributed by atoms with Gasteiger partial charge >= 0.3 is 12.1 Å². The minimum absolute atomic E-state index is 0.0103. The lowest BCUT2D eigenvalue weighted by Crippen LogP contribution is -2.57. The number of likely N-dealkylation sites (N-methyl/N-ethyl adjacent to an activating group) is 1. The van der Waals surface area contributed by atoms with E-state index in [4.69, 9.17) is 14.2 Å². The van der Waals surface area contributed by atoms with Gasteiger partial charge in [0.2, 0.25) is 11.8 Å². The number of benzene rings is 1. The first-order valence-electron chi connectivity index (χ1n) is 15.2. The molecule has 0 spiro atoms. The first kappa shape index (κ1) is 36.0. The highest BCUT2D eigenvalue weighted by atomic mass is 16.5. The third-order valence-corrected chi connectivity index (χ3v) is 8.65. The van der Waals surface area contributed by atoms with E-state index in [1.807, 2.05) is 58.0 Å². The van der Waals surface area contributed by atoms with Gasteiger partial charge in [0.25, 0.3) is 0 Å². The van der Waals surface area contributed by atoms with Gasteiger partial charge in [-0.1, -0.05) is 64.4 Å². The summed E-state index contributed by atoms with van der Waals surface area (Å²) in [5, 5.41) is 12.3. The van der Waals surface area contributed by atoms with Crippen molar-refractivity contribution in [3.8, 4) is 0 Å². The predicted octanol–water partition coefficient (Wildman–Crippen LogP) is 3.94. The van der Waals surface area contributed by atoms with Crippen molar-refractivity contribution in [3.05, 3.63) is 35.9 Å². The summed E-state index contributed by atoms with van der Waals surface area (Å²) in [6, 6.07) is 7.61. The zero-order valence-corrected chi connectivity index (χ0v) is 26.9. The van der Waals surface area contributed by atoms with Crippen LogP contribution in [0.4, 0.5) is 4.79 Å².